The molecule has 2 aromatic heterocycles. The summed E-state index contributed by atoms with van der Waals surface area (Å²) in [5, 5.41) is 5.72. The lowest BCUT2D eigenvalue weighted by Crippen LogP contribution is -2.47. The highest BCUT2D eigenvalue weighted by Crippen LogP contribution is 2.28. The van der Waals surface area contributed by atoms with Crippen molar-refractivity contribution in [3.8, 4) is 11.3 Å². The van der Waals surface area contributed by atoms with E-state index >= 15 is 0 Å². The van der Waals surface area contributed by atoms with Crippen LogP contribution in [-0.4, -0.2) is 76.2 Å². The van der Waals surface area contributed by atoms with E-state index in [1.807, 2.05) is 20.8 Å². The van der Waals surface area contributed by atoms with Crippen LogP contribution in [0.5, 0.6) is 0 Å². The van der Waals surface area contributed by atoms with Crippen molar-refractivity contribution in [3.05, 3.63) is 58.6 Å². The maximum Gasteiger partial charge on any atom is 0.410 e. The van der Waals surface area contributed by atoms with Gasteiger partial charge in [0.15, 0.2) is 17.5 Å². The van der Waals surface area contributed by atoms with Crippen LogP contribution in [0.4, 0.5) is 25.1 Å². The Morgan fingerprint density at radius 1 is 1.09 bits per heavy atom. The molecule has 0 unspecified atom stereocenters. The van der Waals surface area contributed by atoms with Crippen LogP contribution in [0, 0.1) is 11.8 Å². The lowest BCUT2D eigenvalue weighted by molar-refractivity contribution is 0.0199. The Labute approximate surface area is 253 Å². The Kier molecular flexibility index (Phi) is 9.24. The fourth-order valence-corrected chi connectivity index (χ4v) is 4.85. The molecule has 1 fully saturated rings. The molecule has 3 heterocycles. The van der Waals surface area contributed by atoms with Gasteiger partial charge < -0.3 is 29.7 Å². The second-order valence-electron chi connectivity index (χ2n) is 11.4. The van der Waals surface area contributed by atoms with E-state index in [4.69, 9.17) is 16.3 Å². The van der Waals surface area contributed by atoms with Crippen molar-refractivity contribution in [1.82, 2.24) is 24.8 Å². The van der Waals surface area contributed by atoms with Gasteiger partial charge in [-0.2, -0.15) is 9.37 Å². The lowest BCUT2D eigenvalue weighted by Gasteiger charge is -2.33. The minimum atomic E-state index is -0.908. The van der Waals surface area contributed by atoms with Crippen LogP contribution in [0.2, 0.25) is 5.02 Å². The van der Waals surface area contributed by atoms with Gasteiger partial charge in [0.2, 0.25) is 5.95 Å². The molecule has 43 heavy (non-hydrogen) atoms. The van der Waals surface area contributed by atoms with Crippen LogP contribution in [0.25, 0.3) is 11.3 Å². The maximum absolute atomic E-state index is 14.7. The molecule has 0 aliphatic carbocycles. The first-order valence-corrected chi connectivity index (χ1v) is 14.0. The van der Waals surface area contributed by atoms with Crippen LogP contribution >= 0.6 is 11.6 Å². The number of hydrogen-bond acceptors (Lipinski definition) is 7. The summed E-state index contributed by atoms with van der Waals surface area (Å²) < 4.78 is 35.9. The number of nitrogens with zero attached hydrogens (tertiary/aromatic N) is 5. The van der Waals surface area contributed by atoms with Crippen molar-refractivity contribution in [3.63, 3.8) is 0 Å². The molecule has 0 bridgehead atoms. The fourth-order valence-electron chi connectivity index (χ4n) is 4.58. The van der Waals surface area contributed by atoms with Gasteiger partial charge >= 0.3 is 6.09 Å². The smallest absolute Gasteiger partial charge is 0.410 e. The van der Waals surface area contributed by atoms with Crippen molar-refractivity contribution in [1.29, 1.82) is 0 Å². The summed E-state index contributed by atoms with van der Waals surface area (Å²) in [6.07, 6.45) is 2.00. The maximum atomic E-state index is 14.7. The molecule has 3 amide bonds. The third kappa shape index (κ3) is 7.39. The number of ether oxygens (including phenoxy) is 1. The second-order valence-corrected chi connectivity index (χ2v) is 11.8. The number of rotatable bonds is 6. The van der Waals surface area contributed by atoms with E-state index in [1.165, 1.54) is 40.9 Å². The van der Waals surface area contributed by atoms with Gasteiger partial charge in [0, 0.05) is 46.0 Å². The number of carbonyl (C=O) groups excluding carboxylic acids is 3. The van der Waals surface area contributed by atoms with Gasteiger partial charge in [-0.3, -0.25) is 9.59 Å². The number of anilines is 2. The SMILES string of the molecule is CN(C)c1nc(F)c(-c2cnc(C(=O)Nc3ccc(C(=O)NC4CCN(C(=O)OC(C)(C)C)CC4)c(Cl)c3)n2C)cc1F. The molecular weight excluding hydrogens is 584 g/mol. The van der Waals surface area contributed by atoms with E-state index in [-0.39, 0.29) is 51.5 Å². The molecule has 4 rings (SSSR count). The molecule has 1 aliphatic rings. The second kappa shape index (κ2) is 12.5. The number of pyridine rings is 1. The van der Waals surface area contributed by atoms with Crippen LogP contribution in [0.3, 0.4) is 0 Å². The summed E-state index contributed by atoms with van der Waals surface area (Å²) in [5.74, 6) is -2.86. The zero-order valence-electron chi connectivity index (χ0n) is 24.8. The zero-order valence-corrected chi connectivity index (χ0v) is 25.6. The largest absolute Gasteiger partial charge is 0.444 e. The molecule has 1 aromatic carbocycles. The van der Waals surface area contributed by atoms with Gasteiger partial charge in [-0.05, 0) is 57.9 Å². The van der Waals surface area contributed by atoms with E-state index in [9.17, 15) is 23.2 Å². The number of carbonyl (C=O) groups is 3. The van der Waals surface area contributed by atoms with Crippen molar-refractivity contribution >= 4 is 41.0 Å². The average Bonchev–Trinajstić information content (AvgIpc) is 3.30. The summed E-state index contributed by atoms with van der Waals surface area (Å²) >= 11 is 6.39. The molecule has 0 spiro atoms. The van der Waals surface area contributed by atoms with Gasteiger partial charge in [-0.25, -0.2) is 14.2 Å². The number of piperidine rings is 1. The number of nitrogens with one attached hydrogen (secondary N) is 2. The molecule has 230 valence electrons. The van der Waals surface area contributed by atoms with Crippen molar-refractivity contribution in [2.45, 2.75) is 45.3 Å². The van der Waals surface area contributed by atoms with Crippen LogP contribution in [0.15, 0.2) is 30.5 Å². The molecule has 3 aromatic rings. The standard InChI is InChI=1S/C29H34ClF2N7O4/c1-29(2,3)43-28(42)39-11-9-16(10-12-39)34-26(40)18-8-7-17(13-20(18)30)35-27(41)25-33-15-22(38(25)6)19-14-21(31)24(37(4)5)36-23(19)32/h7-8,13-16H,9-12H2,1-6H3,(H,34,40)(H,35,41). The lowest BCUT2D eigenvalue weighted by atomic mass is 10.0. The van der Waals surface area contributed by atoms with Crippen LogP contribution in [-0.2, 0) is 11.8 Å². The molecule has 1 saturated heterocycles. The highest BCUT2D eigenvalue weighted by molar-refractivity contribution is 6.34. The minimum Gasteiger partial charge on any atom is -0.444 e. The first kappa shape index (κ1) is 31.7. The van der Waals surface area contributed by atoms with Crippen molar-refractivity contribution in [2.75, 3.05) is 37.4 Å². The summed E-state index contributed by atoms with van der Waals surface area (Å²) in [7, 11) is 4.58. The molecule has 0 saturated carbocycles. The first-order chi connectivity index (χ1) is 20.1. The van der Waals surface area contributed by atoms with E-state index in [0.29, 0.717) is 31.6 Å². The minimum absolute atomic E-state index is 0.0674. The Hall–Kier alpha value is -4.26. The third-order valence-corrected chi connectivity index (χ3v) is 7.07. The predicted octanol–water partition coefficient (Wildman–Crippen LogP) is 4.86. The van der Waals surface area contributed by atoms with E-state index in [0.717, 1.165) is 6.07 Å². The van der Waals surface area contributed by atoms with E-state index in [2.05, 4.69) is 20.6 Å². The highest BCUT2D eigenvalue weighted by Gasteiger charge is 2.28. The van der Waals surface area contributed by atoms with Gasteiger partial charge in [0.1, 0.15) is 5.60 Å². The summed E-state index contributed by atoms with van der Waals surface area (Å²) in [4.78, 5) is 48.9. The number of amides is 3. The summed E-state index contributed by atoms with van der Waals surface area (Å²) in [6.45, 7) is 6.33. The normalized spacial score (nSPS) is 13.9. The number of benzene rings is 1. The van der Waals surface area contributed by atoms with Crippen LogP contribution < -0.4 is 15.5 Å². The topological polar surface area (TPSA) is 122 Å². The zero-order chi connectivity index (χ0) is 31.6. The number of imidazole rings is 1. The van der Waals surface area contributed by atoms with Crippen molar-refractivity contribution < 1.29 is 27.9 Å². The molecular formula is C29H34ClF2N7O4. The third-order valence-electron chi connectivity index (χ3n) is 6.76. The van der Waals surface area contributed by atoms with Gasteiger partial charge in [0.25, 0.3) is 11.8 Å². The van der Waals surface area contributed by atoms with Crippen molar-refractivity contribution in [2.24, 2.45) is 7.05 Å². The van der Waals surface area contributed by atoms with Crippen LogP contribution in [0.1, 0.15) is 54.6 Å². The number of hydrogen-bond donors (Lipinski definition) is 2. The number of likely N-dealkylation sites (tertiary alicyclic amines) is 1. The Bertz CT molecular complexity index is 1550. The monoisotopic (exact) mass is 617 g/mol. The highest BCUT2D eigenvalue weighted by atomic mass is 35.5. The van der Waals surface area contributed by atoms with Gasteiger partial charge in [0.05, 0.1) is 28.0 Å². The first-order valence-electron chi connectivity index (χ1n) is 13.6. The Balaban J connectivity index is 1.38. The van der Waals surface area contributed by atoms with Gasteiger partial charge in [-0.1, -0.05) is 11.6 Å². The molecule has 2 N–H and O–H groups in total. The Morgan fingerprint density at radius 2 is 1.77 bits per heavy atom. The number of halogens is 3. The fraction of sp³-hybridized carbons (Fsp3) is 0.414. The Morgan fingerprint density at radius 3 is 2.37 bits per heavy atom. The van der Waals surface area contributed by atoms with E-state index < -0.39 is 23.3 Å². The summed E-state index contributed by atoms with van der Waals surface area (Å²) in [5.41, 5.74) is -0.0512. The molecule has 1 aliphatic heterocycles. The number of aromatic nitrogens is 3. The average molecular weight is 618 g/mol. The molecule has 14 heteroatoms. The molecule has 11 nitrogen and oxygen atoms in total. The van der Waals surface area contributed by atoms with Gasteiger partial charge in [-0.15, -0.1) is 0 Å². The molecule has 0 radical (unpaired) electrons. The summed E-state index contributed by atoms with van der Waals surface area (Å²) in [6, 6.07) is 5.30. The molecule has 0 atom stereocenters. The predicted molar refractivity (Wildman–Crippen MR) is 158 cm³/mol. The quantitative estimate of drug-likeness (QED) is 0.379. The van der Waals surface area contributed by atoms with E-state index in [1.54, 1.807) is 19.0 Å².